The molecule has 0 radical (unpaired) electrons. The number of aliphatic carboxylic acids is 1. The Morgan fingerprint density at radius 1 is 1.53 bits per heavy atom. The van der Waals surface area contributed by atoms with Crippen molar-refractivity contribution in [2.45, 2.75) is 6.10 Å². The summed E-state index contributed by atoms with van der Waals surface area (Å²) in [5, 5.41) is 26.9. The highest BCUT2D eigenvalue weighted by Gasteiger charge is 2.22. The molecule has 1 atom stereocenters. The van der Waals surface area contributed by atoms with Crippen molar-refractivity contribution >= 4 is 5.97 Å². The predicted octanol–water partition coefficient (Wildman–Crippen LogP) is 0.658. The molecule has 0 aliphatic heterocycles. The average Bonchev–Trinajstić information content (AvgIpc) is 2.19. The lowest BCUT2D eigenvalue weighted by Gasteiger charge is -2.10. The van der Waals surface area contributed by atoms with E-state index < -0.39 is 29.2 Å². The van der Waals surface area contributed by atoms with E-state index in [1.807, 2.05) is 0 Å². The standard InChI is InChI=1S/C9H9FO5/c1-15-7-3-6(11)4(2-5(7)10)8(12)9(13)14/h2-3,8,11-12H,1H3,(H,13,14). The van der Waals surface area contributed by atoms with E-state index >= 15 is 0 Å². The molecule has 5 nitrogen and oxygen atoms in total. The van der Waals surface area contributed by atoms with Crippen molar-refractivity contribution < 1.29 is 29.2 Å². The quantitative estimate of drug-likeness (QED) is 0.690. The minimum Gasteiger partial charge on any atom is -0.507 e. The second-order valence-electron chi connectivity index (χ2n) is 2.79. The van der Waals surface area contributed by atoms with Crippen molar-refractivity contribution in [1.29, 1.82) is 0 Å². The largest absolute Gasteiger partial charge is 0.507 e. The molecule has 6 heteroatoms. The number of rotatable bonds is 3. The molecule has 0 spiro atoms. The molecule has 0 bridgehead atoms. The maximum atomic E-state index is 13.1. The SMILES string of the molecule is COc1cc(O)c(C(O)C(=O)O)cc1F. The van der Waals surface area contributed by atoms with Gasteiger partial charge in [0.2, 0.25) is 0 Å². The molecule has 1 rings (SSSR count). The predicted molar refractivity (Wildman–Crippen MR) is 47.2 cm³/mol. The number of aliphatic hydroxyl groups is 1. The molecule has 0 aliphatic carbocycles. The van der Waals surface area contributed by atoms with Crippen LogP contribution in [0.3, 0.4) is 0 Å². The van der Waals surface area contributed by atoms with Crippen LogP contribution in [0.2, 0.25) is 0 Å². The van der Waals surface area contributed by atoms with Crippen LogP contribution in [-0.2, 0) is 4.79 Å². The van der Waals surface area contributed by atoms with E-state index in [-0.39, 0.29) is 5.75 Å². The first-order valence-electron chi connectivity index (χ1n) is 3.94. The van der Waals surface area contributed by atoms with Crippen molar-refractivity contribution in [2.75, 3.05) is 7.11 Å². The molecular formula is C9H9FO5. The third-order valence-corrected chi connectivity index (χ3v) is 1.83. The molecule has 3 N–H and O–H groups in total. The first kappa shape index (κ1) is 11.3. The Hall–Kier alpha value is -1.82. The summed E-state index contributed by atoms with van der Waals surface area (Å²) in [7, 11) is 1.20. The number of halogens is 1. The Labute approximate surface area is 84.3 Å². The summed E-state index contributed by atoms with van der Waals surface area (Å²) in [5.41, 5.74) is -0.416. The zero-order valence-electron chi connectivity index (χ0n) is 7.77. The van der Waals surface area contributed by atoms with Crippen LogP contribution in [0.15, 0.2) is 12.1 Å². The van der Waals surface area contributed by atoms with Crippen molar-refractivity contribution in [3.8, 4) is 11.5 Å². The average molecular weight is 216 g/mol. The van der Waals surface area contributed by atoms with Crippen LogP contribution in [0, 0.1) is 5.82 Å². The Morgan fingerprint density at radius 2 is 2.13 bits per heavy atom. The van der Waals surface area contributed by atoms with Crippen molar-refractivity contribution in [3.63, 3.8) is 0 Å². The van der Waals surface area contributed by atoms with E-state index in [1.165, 1.54) is 7.11 Å². The third-order valence-electron chi connectivity index (χ3n) is 1.83. The number of methoxy groups -OCH3 is 1. The number of carboxylic acid groups (broad SMARTS) is 1. The summed E-state index contributed by atoms with van der Waals surface area (Å²) < 4.78 is 17.7. The zero-order valence-corrected chi connectivity index (χ0v) is 7.77. The minimum absolute atomic E-state index is 0.228. The molecule has 82 valence electrons. The fourth-order valence-corrected chi connectivity index (χ4v) is 1.07. The number of aromatic hydroxyl groups is 1. The van der Waals surface area contributed by atoms with Gasteiger partial charge in [0.25, 0.3) is 0 Å². The molecule has 0 aliphatic rings. The number of carbonyl (C=O) groups is 1. The maximum Gasteiger partial charge on any atom is 0.337 e. The monoisotopic (exact) mass is 216 g/mol. The molecule has 0 saturated heterocycles. The summed E-state index contributed by atoms with van der Waals surface area (Å²) in [4.78, 5) is 10.4. The molecule has 0 amide bonds. The number of phenols is 1. The molecule has 0 aromatic heterocycles. The maximum absolute atomic E-state index is 13.1. The Kier molecular flexibility index (Phi) is 3.11. The van der Waals surface area contributed by atoms with E-state index in [0.717, 1.165) is 6.07 Å². The second kappa shape index (κ2) is 4.14. The Balaban J connectivity index is 3.21. The number of carboxylic acids is 1. The van der Waals surface area contributed by atoms with E-state index in [4.69, 9.17) is 10.2 Å². The highest BCUT2D eigenvalue weighted by Crippen LogP contribution is 2.31. The highest BCUT2D eigenvalue weighted by molar-refractivity contribution is 5.75. The topological polar surface area (TPSA) is 87.0 Å². The number of hydrogen-bond donors (Lipinski definition) is 3. The number of phenolic OH excluding ortho intramolecular Hbond substituents is 1. The Bertz CT molecular complexity index is 390. The Morgan fingerprint density at radius 3 is 2.60 bits per heavy atom. The van der Waals surface area contributed by atoms with Gasteiger partial charge >= 0.3 is 5.97 Å². The van der Waals surface area contributed by atoms with Gasteiger partial charge in [0.05, 0.1) is 7.11 Å². The van der Waals surface area contributed by atoms with E-state index in [0.29, 0.717) is 6.07 Å². The van der Waals surface area contributed by atoms with Crippen molar-refractivity contribution in [2.24, 2.45) is 0 Å². The first-order valence-corrected chi connectivity index (χ1v) is 3.94. The molecule has 0 heterocycles. The lowest BCUT2D eigenvalue weighted by Crippen LogP contribution is -2.11. The number of benzene rings is 1. The number of aliphatic hydroxyl groups excluding tert-OH is 1. The summed E-state index contributed by atoms with van der Waals surface area (Å²) in [6.07, 6.45) is -1.97. The highest BCUT2D eigenvalue weighted by atomic mass is 19.1. The van der Waals surface area contributed by atoms with Gasteiger partial charge in [0, 0.05) is 11.6 Å². The van der Waals surface area contributed by atoms with Gasteiger partial charge in [-0.05, 0) is 6.07 Å². The lowest BCUT2D eigenvalue weighted by atomic mass is 10.1. The van der Waals surface area contributed by atoms with Gasteiger partial charge in [-0.15, -0.1) is 0 Å². The van der Waals surface area contributed by atoms with Gasteiger partial charge in [-0.3, -0.25) is 0 Å². The van der Waals surface area contributed by atoms with E-state index in [2.05, 4.69) is 4.74 Å². The fourth-order valence-electron chi connectivity index (χ4n) is 1.07. The van der Waals surface area contributed by atoms with Gasteiger partial charge in [-0.1, -0.05) is 0 Å². The normalized spacial score (nSPS) is 12.2. The summed E-state index contributed by atoms with van der Waals surface area (Å²) >= 11 is 0. The molecule has 1 aromatic rings. The number of hydrogen-bond acceptors (Lipinski definition) is 4. The van der Waals surface area contributed by atoms with Crippen molar-refractivity contribution in [3.05, 3.63) is 23.5 Å². The van der Waals surface area contributed by atoms with Crippen LogP contribution in [0.5, 0.6) is 11.5 Å². The van der Waals surface area contributed by atoms with Crippen LogP contribution in [0.25, 0.3) is 0 Å². The van der Waals surface area contributed by atoms with Gasteiger partial charge in [-0.25, -0.2) is 9.18 Å². The smallest absolute Gasteiger partial charge is 0.337 e. The molecule has 1 unspecified atom stereocenters. The van der Waals surface area contributed by atoms with Crippen LogP contribution in [0.4, 0.5) is 4.39 Å². The van der Waals surface area contributed by atoms with E-state index in [9.17, 15) is 14.3 Å². The summed E-state index contributed by atoms with van der Waals surface area (Å²) in [6.45, 7) is 0. The molecule has 15 heavy (non-hydrogen) atoms. The molecule has 1 aromatic carbocycles. The van der Waals surface area contributed by atoms with Crippen LogP contribution in [0.1, 0.15) is 11.7 Å². The lowest BCUT2D eigenvalue weighted by molar-refractivity contribution is -0.147. The fraction of sp³-hybridized carbons (Fsp3) is 0.222. The van der Waals surface area contributed by atoms with Gasteiger partial charge in [-0.2, -0.15) is 0 Å². The third kappa shape index (κ3) is 2.16. The van der Waals surface area contributed by atoms with Crippen molar-refractivity contribution in [1.82, 2.24) is 0 Å². The van der Waals surface area contributed by atoms with Gasteiger partial charge < -0.3 is 20.1 Å². The first-order chi connectivity index (χ1) is 6.97. The summed E-state index contributed by atoms with van der Waals surface area (Å²) in [5.74, 6) is -3.20. The van der Waals surface area contributed by atoms with Crippen LogP contribution >= 0.6 is 0 Å². The van der Waals surface area contributed by atoms with Crippen LogP contribution < -0.4 is 4.74 Å². The minimum atomic E-state index is -1.97. The van der Waals surface area contributed by atoms with E-state index in [1.54, 1.807) is 0 Å². The summed E-state index contributed by atoms with van der Waals surface area (Å²) in [6, 6.07) is 1.61. The number of ether oxygens (including phenoxy) is 1. The van der Waals surface area contributed by atoms with Gasteiger partial charge in [0.1, 0.15) is 5.75 Å². The van der Waals surface area contributed by atoms with Crippen LogP contribution in [-0.4, -0.2) is 28.4 Å². The molecular weight excluding hydrogens is 207 g/mol. The second-order valence-corrected chi connectivity index (χ2v) is 2.79. The molecule has 0 fully saturated rings. The zero-order chi connectivity index (χ0) is 11.6. The molecule has 0 saturated carbocycles. The van der Waals surface area contributed by atoms with Gasteiger partial charge in [0.15, 0.2) is 17.7 Å².